The number of hydrogen-bond acceptors (Lipinski definition) is 3. The predicted molar refractivity (Wildman–Crippen MR) is 83.3 cm³/mol. The lowest BCUT2D eigenvalue weighted by molar-refractivity contribution is -0.317. The third-order valence-electron chi connectivity index (χ3n) is 3.36. The van der Waals surface area contributed by atoms with Crippen LogP contribution >= 0.6 is 11.6 Å². The van der Waals surface area contributed by atoms with Crippen LogP contribution in [0.1, 0.15) is 5.56 Å². The number of alkyl halides is 3. The molecule has 5 nitrogen and oxygen atoms in total. The molecule has 2 aromatic carbocycles. The van der Waals surface area contributed by atoms with Gasteiger partial charge >= 0.3 is 18.1 Å². The summed E-state index contributed by atoms with van der Waals surface area (Å²) in [7, 11) is 0. The van der Waals surface area contributed by atoms with Crippen molar-refractivity contribution in [1.82, 2.24) is 10.6 Å². The monoisotopic (exact) mass is 372 g/mol. The number of halogens is 4. The number of urea groups is 1. The van der Waals surface area contributed by atoms with E-state index in [1.54, 1.807) is 35.6 Å². The van der Waals surface area contributed by atoms with Gasteiger partial charge in [-0.15, -0.1) is 0 Å². The van der Waals surface area contributed by atoms with E-state index < -0.39 is 18.1 Å². The first kappa shape index (κ1) is 17.2. The van der Waals surface area contributed by atoms with Gasteiger partial charge in [0, 0.05) is 17.6 Å². The molecule has 1 aliphatic rings. The molecule has 0 bridgehead atoms. The van der Waals surface area contributed by atoms with Crippen LogP contribution < -0.4 is 20.1 Å². The van der Waals surface area contributed by atoms with Gasteiger partial charge in [-0.2, -0.15) is 13.2 Å². The third-order valence-corrected chi connectivity index (χ3v) is 3.60. The number of hydrogen-bond donors (Lipinski definition) is 2. The van der Waals surface area contributed by atoms with Crippen molar-refractivity contribution in [3.05, 3.63) is 59.1 Å². The Morgan fingerprint density at radius 1 is 1.08 bits per heavy atom. The van der Waals surface area contributed by atoms with E-state index in [1.165, 1.54) is 18.2 Å². The first-order chi connectivity index (χ1) is 11.8. The molecule has 1 heterocycles. The lowest BCUT2D eigenvalue weighted by Crippen LogP contribution is -2.66. The SMILES string of the molecule is O=C(NCc1ccccc1)N[C@]1(C(F)(F)F)Oc2ccc(Cl)cc2O1. The molecule has 0 aromatic heterocycles. The van der Waals surface area contributed by atoms with E-state index >= 15 is 0 Å². The number of nitrogens with one attached hydrogen (secondary N) is 2. The minimum Gasteiger partial charge on any atom is -0.424 e. The Labute approximate surface area is 145 Å². The lowest BCUT2D eigenvalue weighted by atomic mass is 10.2. The number of amides is 2. The fraction of sp³-hybridized carbons (Fsp3) is 0.188. The molecule has 2 N–H and O–H groups in total. The van der Waals surface area contributed by atoms with Crippen LogP contribution in [0.15, 0.2) is 48.5 Å². The largest absolute Gasteiger partial charge is 0.492 e. The molecule has 25 heavy (non-hydrogen) atoms. The Kier molecular flexibility index (Phi) is 4.38. The fourth-order valence-electron chi connectivity index (χ4n) is 2.19. The van der Waals surface area contributed by atoms with Crippen LogP contribution in [0, 0.1) is 0 Å². The average Bonchev–Trinajstić information content (AvgIpc) is 2.92. The van der Waals surface area contributed by atoms with Gasteiger partial charge in [-0.05, 0) is 17.7 Å². The molecular formula is C16H12ClF3N2O3. The van der Waals surface area contributed by atoms with Crippen molar-refractivity contribution >= 4 is 17.6 Å². The number of carbonyl (C=O) groups excluding carboxylic acids is 1. The summed E-state index contributed by atoms with van der Waals surface area (Å²) in [5.74, 6) is -3.71. The zero-order chi connectivity index (χ0) is 18.1. The first-order valence-corrected chi connectivity index (χ1v) is 7.51. The maximum atomic E-state index is 13.5. The van der Waals surface area contributed by atoms with Gasteiger partial charge in [0.15, 0.2) is 11.5 Å². The van der Waals surface area contributed by atoms with E-state index in [-0.39, 0.29) is 23.1 Å². The smallest absolute Gasteiger partial charge is 0.424 e. The van der Waals surface area contributed by atoms with Gasteiger partial charge in [0.05, 0.1) is 0 Å². The van der Waals surface area contributed by atoms with E-state index in [0.29, 0.717) is 0 Å². The van der Waals surface area contributed by atoms with Gasteiger partial charge in [0.2, 0.25) is 0 Å². The van der Waals surface area contributed by atoms with E-state index in [2.05, 4.69) is 5.32 Å². The van der Waals surface area contributed by atoms with Gasteiger partial charge in [0.25, 0.3) is 0 Å². The molecule has 1 aliphatic heterocycles. The quantitative estimate of drug-likeness (QED) is 0.861. The molecule has 0 aliphatic carbocycles. The van der Waals surface area contributed by atoms with E-state index in [4.69, 9.17) is 21.1 Å². The van der Waals surface area contributed by atoms with Crippen LogP contribution in [0.4, 0.5) is 18.0 Å². The zero-order valence-electron chi connectivity index (χ0n) is 12.6. The minimum atomic E-state index is -5.03. The Morgan fingerprint density at radius 3 is 2.44 bits per heavy atom. The maximum Gasteiger partial charge on any atom is 0.492 e. The van der Waals surface area contributed by atoms with Crippen molar-refractivity contribution in [1.29, 1.82) is 0 Å². The molecule has 2 amide bonds. The van der Waals surface area contributed by atoms with Crippen LogP contribution in [-0.4, -0.2) is 18.1 Å². The number of ether oxygens (including phenoxy) is 2. The summed E-state index contributed by atoms with van der Waals surface area (Å²) in [5.41, 5.74) is 0.724. The Hall–Kier alpha value is -2.61. The molecular weight excluding hydrogens is 361 g/mol. The highest BCUT2D eigenvalue weighted by Crippen LogP contribution is 2.45. The molecule has 0 saturated carbocycles. The molecule has 0 spiro atoms. The maximum absolute atomic E-state index is 13.5. The summed E-state index contributed by atoms with van der Waals surface area (Å²) >= 11 is 5.74. The van der Waals surface area contributed by atoms with Crippen molar-refractivity contribution in [2.45, 2.75) is 18.6 Å². The molecule has 132 valence electrons. The molecule has 2 aromatic rings. The zero-order valence-corrected chi connectivity index (χ0v) is 13.3. The number of fused-ring (bicyclic) bond motifs is 1. The number of carbonyl (C=O) groups is 1. The summed E-state index contributed by atoms with van der Waals surface area (Å²) < 4.78 is 50.2. The molecule has 0 saturated heterocycles. The molecule has 1 atom stereocenters. The van der Waals surface area contributed by atoms with Gasteiger partial charge < -0.3 is 14.8 Å². The molecule has 3 rings (SSSR count). The molecule has 9 heteroatoms. The summed E-state index contributed by atoms with van der Waals surface area (Å²) in [6, 6.07) is 11.4. The summed E-state index contributed by atoms with van der Waals surface area (Å²) in [4.78, 5) is 11.9. The van der Waals surface area contributed by atoms with E-state index in [0.717, 1.165) is 5.56 Å². The summed E-state index contributed by atoms with van der Waals surface area (Å²) in [6.07, 6.45) is -5.03. The van der Waals surface area contributed by atoms with Gasteiger partial charge in [-0.25, -0.2) is 4.79 Å². The molecule has 0 fully saturated rings. The first-order valence-electron chi connectivity index (χ1n) is 7.13. The van der Waals surface area contributed by atoms with Crippen molar-refractivity contribution in [2.75, 3.05) is 0 Å². The van der Waals surface area contributed by atoms with Crippen LogP contribution in [0.2, 0.25) is 5.02 Å². The van der Waals surface area contributed by atoms with Crippen molar-refractivity contribution in [3.63, 3.8) is 0 Å². The van der Waals surface area contributed by atoms with E-state index in [1.807, 2.05) is 0 Å². The summed E-state index contributed by atoms with van der Waals surface area (Å²) in [5, 5.41) is 4.21. The van der Waals surface area contributed by atoms with Gasteiger partial charge in [-0.1, -0.05) is 41.9 Å². The lowest BCUT2D eigenvalue weighted by Gasteiger charge is -2.29. The second-order valence-electron chi connectivity index (χ2n) is 5.20. The third kappa shape index (κ3) is 3.58. The standard InChI is InChI=1S/C16H12ClF3N2O3/c17-11-6-7-12-13(8-11)25-16(24-12,15(18,19)20)22-14(23)21-9-10-4-2-1-3-5-10/h1-8H,9H2,(H2,21,22,23)/t16-/m1/s1. The highest BCUT2D eigenvalue weighted by atomic mass is 35.5. The Balaban J connectivity index is 1.74. The van der Waals surface area contributed by atoms with Gasteiger partial charge in [-0.3, -0.25) is 5.32 Å². The molecule has 0 unspecified atom stereocenters. The van der Waals surface area contributed by atoms with Crippen LogP contribution in [0.25, 0.3) is 0 Å². The van der Waals surface area contributed by atoms with Crippen LogP contribution in [0.3, 0.4) is 0 Å². The highest BCUT2D eigenvalue weighted by molar-refractivity contribution is 6.30. The van der Waals surface area contributed by atoms with Crippen LogP contribution in [-0.2, 0) is 6.54 Å². The number of benzene rings is 2. The van der Waals surface area contributed by atoms with Crippen molar-refractivity contribution < 1.29 is 27.4 Å². The predicted octanol–water partition coefficient (Wildman–Crippen LogP) is 3.83. The fourth-order valence-corrected chi connectivity index (χ4v) is 2.35. The second kappa shape index (κ2) is 6.36. The Bertz CT molecular complexity index is 786. The van der Waals surface area contributed by atoms with Crippen molar-refractivity contribution in [3.8, 4) is 11.5 Å². The van der Waals surface area contributed by atoms with E-state index in [9.17, 15) is 18.0 Å². The van der Waals surface area contributed by atoms with Crippen LogP contribution in [0.5, 0.6) is 11.5 Å². The van der Waals surface area contributed by atoms with Crippen molar-refractivity contribution in [2.24, 2.45) is 0 Å². The normalized spacial score (nSPS) is 18.7. The Morgan fingerprint density at radius 2 is 1.76 bits per heavy atom. The second-order valence-corrected chi connectivity index (χ2v) is 5.64. The van der Waals surface area contributed by atoms with Gasteiger partial charge in [0.1, 0.15) is 0 Å². The number of rotatable bonds is 3. The summed E-state index contributed by atoms with van der Waals surface area (Å²) in [6.45, 7) is 0.0411. The average molecular weight is 373 g/mol. The molecule has 0 radical (unpaired) electrons. The highest BCUT2D eigenvalue weighted by Gasteiger charge is 2.65. The topological polar surface area (TPSA) is 59.6 Å². The minimum absolute atomic E-state index is 0.0411.